The lowest BCUT2D eigenvalue weighted by atomic mass is 10.2. The van der Waals surface area contributed by atoms with Gasteiger partial charge >= 0.3 is 0 Å². The number of rotatable bonds is 7. The third-order valence-corrected chi connectivity index (χ3v) is 2.13. The fourth-order valence-corrected chi connectivity index (χ4v) is 1.29. The molecule has 1 heterocycles. The summed E-state index contributed by atoms with van der Waals surface area (Å²) in [5.74, 6) is 0.668. The Morgan fingerprint density at radius 1 is 1.20 bits per heavy atom. The van der Waals surface area contributed by atoms with Crippen molar-refractivity contribution in [2.24, 2.45) is 5.73 Å². The standard InChI is InChI=1S/C11H19N3O/c1-10-8-11(14-9-13-10)15-7-5-3-2-4-6-12/h8-9H,2-7,12H2,1H3. The van der Waals surface area contributed by atoms with E-state index in [1.807, 2.05) is 13.0 Å². The van der Waals surface area contributed by atoms with Crippen LogP contribution in [-0.2, 0) is 0 Å². The summed E-state index contributed by atoms with van der Waals surface area (Å²) in [7, 11) is 0. The van der Waals surface area contributed by atoms with Crippen LogP contribution in [0.5, 0.6) is 5.88 Å². The quantitative estimate of drug-likeness (QED) is 0.694. The van der Waals surface area contributed by atoms with Gasteiger partial charge in [-0.3, -0.25) is 0 Å². The van der Waals surface area contributed by atoms with Crippen LogP contribution >= 0.6 is 0 Å². The van der Waals surface area contributed by atoms with E-state index < -0.39 is 0 Å². The van der Waals surface area contributed by atoms with Gasteiger partial charge in [0.2, 0.25) is 5.88 Å². The van der Waals surface area contributed by atoms with E-state index in [0.717, 1.165) is 31.7 Å². The highest BCUT2D eigenvalue weighted by molar-refractivity contribution is 5.11. The Balaban J connectivity index is 2.10. The molecule has 0 bridgehead atoms. The van der Waals surface area contributed by atoms with E-state index in [4.69, 9.17) is 10.5 Å². The van der Waals surface area contributed by atoms with Crippen LogP contribution in [-0.4, -0.2) is 23.1 Å². The van der Waals surface area contributed by atoms with Crippen molar-refractivity contribution < 1.29 is 4.74 Å². The number of ether oxygens (including phenoxy) is 1. The van der Waals surface area contributed by atoms with E-state index in [-0.39, 0.29) is 0 Å². The van der Waals surface area contributed by atoms with Gasteiger partial charge in [0.05, 0.1) is 6.61 Å². The second kappa shape index (κ2) is 7.17. The van der Waals surface area contributed by atoms with Gasteiger partial charge in [0, 0.05) is 11.8 Å². The first-order valence-corrected chi connectivity index (χ1v) is 5.44. The molecule has 0 aliphatic rings. The Kier molecular flexibility index (Phi) is 5.70. The summed E-state index contributed by atoms with van der Waals surface area (Å²) in [6, 6.07) is 1.85. The minimum absolute atomic E-state index is 0.668. The number of nitrogens with zero attached hydrogens (tertiary/aromatic N) is 2. The van der Waals surface area contributed by atoms with Gasteiger partial charge in [-0.25, -0.2) is 9.97 Å². The lowest BCUT2D eigenvalue weighted by Gasteiger charge is -2.04. The molecule has 1 aromatic heterocycles. The molecule has 4 heteroatoms. The molecule has 0 amide bonds. The summed E-state index contributed by atoms with van der Waals surface area (Å²) in [6.07, 6.45) is 6.04. The molecule has 15 heavy (non-hydrogen) atoms. The van der Waals surface area contributed by atoms with Crippen LogP contribution in [0.15, 0.2) is 12.4 Å². The molecule has 0 aliphatic heterocycles. The normalized spacial score (nSPS) is 10.3. The average molecular weight is 209 g/mol. The van der Waals surface area contributed by atoms with Gasteiger partial charge in [-0.15, -0.1) is 0 Å². The molecule has 2 N–H and O–H groups in total. The van der Waals surface area contributed by atoms with Crippen molar-refractivity contribution in [3.05, 3.63) is 18.1 Å². The van der Waals surface area contributed by atoms with Gasteiger partial charge in [0.25, 0.3) is 0 Å². The van der Waals surface area contributed by atoms with E-state index in [0.29, 0.717) is 5.88 Å². The zero-order chi connectivity index (χ0) is 10.9. The Morgan fingerprint density at radius 2 is 2.00 bits per heavy atom. The van der Waals surface area contributed by atoms with Crippen LogP contribution in [0.25, 0.3) is 0 Å². The Labute approximate surface area is 90.9 Å². The zero-order valence-electron chi connectivity index (χ0n) is 9.28. The summed E-state index contributed by atoms with van der Waals surface area (Å²) < 4.78 is 5.48. The third-order valence-electron chi connectivity index (χ3n) is 2.13. The van der Waals surface area contributed by atoms with E-state index in [1.54, 1.807) is 0 Å². The van der Waals surface area contributed by atoms with Crippen molar-refractivity contribution in [1.29, 1.82) is 0 Å². The summed E-state index contributed by atoms with van der Waals surface area (Å²) in [6.45, 7) is 3.43. The molecule has 0 radical (unpaired) electrons. The molecule has 0 fully saturated rings. The van der Waals surface area contributed by atoms with Crippen molar-refractivity contribution >= 4 is 0 Å². The molecule has 4 nitrogen and oxygen atoms in total. The van der Waals surface area contributed by atoms with Crippen molar-refractivity contribution in [3.63, 3.8) is 0 Å². The van der Waals surface area contributed by atoms with Crippen molar-refractivity contribution in [2.45, 2.75) is 32.6 Å². The lowest BCUT2D eigenvalue weighted by Crippen LogP contribution is -2.01. The predicted molar refractivity (Wildman–Crippen MR) is 59.8 cm³/mol. The summed E-state index contributed by atoms with van der Waals surface area (Å²) in [4.78, 5) is 8.02. The number of hydrogen-bond acceptors (Lipinski definition) is 4. The number of aryl methyl sites for hydroxylation is 1. The molecule has 0 aliphatic carbocycles. The summed E-state index contributed by atoms with van der Waals surface area (Å²) in [5.41, 5.74) is 6.34. The van der Waals surface area contributed by atoms with E-state index >= 15 is 0 Å². The average Bonchev–Trinajstić information content (AvgIpc) is 2.23. The van der Waals surface area contributed by atoms with E-state index in [2.05, 4.69) is 9.97 Å². The van der Waals surface area contributed by atoms with E-state index in [1.165, 1.54) is 19.2 Å². The van der Waals surface area contributed by atoms with Crippen LogP contribution in [0.1, 0.15) is 31.4 Å². The smallest absolute Gasteiger partial charge is 0.216 e. The molecule has 0 aromatic carbocycles. The Morgan fingerprint density at radius 3 is 2.73 bits per heavy atom. The molecule has 84 valence electrons. The van der Waals surface area contributed by atoms with Gasteiger partial charge in [0.1, 0.15) is 6.33 Å². The maximum atomic E-state index is 5.48. The maximum absolute atomic E-state index is 5.48. The van der Waals surface area contributed by atoms with E-state index in [9.17, 15) is 0 Å². The highest BCUT2D eigenvalue weighted by Crippen LogP contribution is 2.07. The Hall–Kier alpha value is -1.16. The van der Waals surface area contributed by atoms with Crippen molar-refractivity contribution in [1.82, 2.24) is 9.97 Å². The summed E-state index contributed by atoms with van der Waals surface area (Å²) in [5, 5.41) is 0. The predicted octanol–water partition coefficient (Wildman–Crippen LogP) is 1.68. The molecular weight excluding hydrogens is 190 g/mol. The van der Waals surface area contributed by atoms with Gasteiger partial charge in [-0.2, -0.15) is 0 Å². The second-order valence-electron chi connectivity index (χ2n) is 3.55. The lowest BCUT2D eigenvalue weighted by molar-refractivity contribution is 0.293. The molecule has 1 rings (SSSR count). The van der Waals surface area contributed by atoms with Gasteiger partial charge in [-0.1, -0.05) is 12.8 Å². The fraction of sp³-hybridized carbons (Fsp3) is 0.636. The minimum atomic E-state index is 0.668. The van der Waals surface area contributed by atoms with Gasteiger partial charge < -0.3 is 10.5 Å². The van der Waals surface area contributed by atoms with Crippen LogP contribution < -0.4 is 10.5 Å². The van der Waals surface area contributed by atoms with Crippen LogP contribution in [0.3, 0.4) is 0 Å². The monoisotopic (exact) mass is 209 g/mol. The molecule has 0 saturated carbocycles. The van der Waals surface area contributed by atoms with Gasteiger partial charge in [-0.05, 0) is 26.3 Å². The van der Waals surface area contributed by atoms with Crippen molar-refractivity contribution in [2.75, 3.05) is 13.2 Å². The molecule has 0 spiro atoms. The molecule has 0 atom stereocenters. The van der Waals surface area contributed by atoms with Crippen molar-refractivity contribution in [3.8, 4) is 5.88 Å². The first kappa shape index (κ1) is 11.9. The van der Waals surface area contributed by atoms with Crippen LogP contribution in [0.2, 0.25) is 0 Å². The Bertz CT molecular complexity index is 278. The molecule has 0 unspecified atom stereocenters. The second-order valence-corrected chi connectivity index (χ2v) is 3.55. The highest BCUT2D eigenvalue weighted by Gasteiger charge is 1.95. The SMILES string of the molecule is Cc1cc(OCCCCCCN)ncn1. The van der Waals surface area contributed by atoms with Gasteiger partial charge in [0.15, 0.2) is 0 Å². The summed E-state index contributed by atoms with van der Waals surface area (Å²) >= 11 is 0. The first-order valence-electron chi connectivity index (χ1n) is 5.44. The minimum Gasteiger partial charge on any atom is -0.478 e. The number of unbranched alkanes of at least 4 members (excludes halogenated alkanes) is 3. The number of hydrogen-bond donors (Lipinski definition) is 1. The largest absolute Gasteiger partial charge is 0.478 e. The molecule has 0 saturated heterocycles. The first-order chi connectivity index (χ1) is 7.33. The highest BCUT2D eigenvalue weighted by atomic mass is 16.5. The molecular formula is C11H19N3O. The van der Waals surface area contributed by atoms with Crippen LogP contribution in [0, 0.1) is 6.92 Å². The zero-order valence-corrected chi connectivity index (χ0v) is 9.28. The number of nitrogens with two attached hydrogens (primary N) is 1. The van der Waals surface area contributed by atoms with Crippen LogP contribution in [0.4, 0.5) is 0 Å². The maximum Gasteiger partial charge on any atom is 0.216 e. The third kappa shape index (κ3) is 5.32. The molecule has 1 aromatic rings. The fourth-order valence-electron chi connectivity index (χ4n) is 1.29. The number of aromatic nitrogens is 2. The topological polar surface area (TPSA) is 61.0 Å².